The summed E-state index contributed by atoms with van der Waals surface area (Å²) in [6.07, 6.45) is -0.0947. The van der Waals surface area contributed by atoms with E-state index in [-0.39, 0.29) is 12.2 Å². The van der Waals surface area contributed by atoms with E-state index in [0.717, 1.165) is 12.3 Å². The summed E-state index contributed by atoms with van der Waals surface area (Å²) in [5, 5.41) is 12.3. The molecule has 0 radical (unpaired) electrons. The fraction of sp³-hybridized carbons (Fsp3) is 0.538. The molecule has 0 aliphatic carbocycles. The van der Waals surface area contributed by atoms with Crippen LogP contribution in [0.4, 0.5) is 0 Å². The van der Waals surface area contributed by atoms with E-state index < -0.39 is 0 Å². The second kappa shape index (κ2) is 6.51. The third-order valence-corrected chi connectivity index (χ3v) is 2.06. The molecule has 0 spiro atoms. The van der Waals surface area contributed by atoms with Crippen LogP contribution in [0.25, 0.3) is 0 Å². The van der Waals surface area contributed by atoms with Gasteiger partial charge in [-0.3, -0.25) is 0 Å². The largest absolute Gasteiger partial charge is 0.491 e. The lowest BCUT2D eigenvalue weighted by Crippen LogP contribution is -2.23. The minimum Gasteiger partial charge on any atom is -0.491 e. The Kier molecular flexibility index (Phi) is 5.29. The first-order chi connectivity index (χ1) is 7.58. The summed E-state index contributed by atoms with van der Waals surface area (Å²) >= 11 is 0. The molecule has 0 unspecified atom stereocenters. The molecule has 16 heavy (non-hydrogen) atoms. The van der Waals surface area contributed by atoms with Crippen LogP contribution in [0.3, 0.4) is 0 Å². The van der Waals surface area contributed by atoms with E-state index in [1.165, 1.54) is 5.56 Å². The molecule has 0 heterocycles. The van der Waals surface area contributed by atoms with Gasteiger partial charge in [-0.1, -0.05) is 12.1 Å². The summed E-state index contributed by atoms with van der Waals surface area (Å²) in [4.78, 5) is 0. The predicted molar refractivity (Wildman–Crippen MR) is 65.6 cm³/mol. The van der Waals surface area contributed by atoms with Gasteiger partial charge in [-0.25, -0.2) is 0 Å². The molecule has 0 aliphatic rings. The zero-order chi connectivity index (χ0) is 12.0. The van der Waals surface area contributed by atoms with Crippen molar-refractivity contribution in [3.05, 3.63) is 29.8 Å². The standard InChI is InChI=1S/C13H21NO2/c1-10(2)16-13-6-4-12(5-7-13)9-14-8-11(3)15/h4-7,10-11,14-15H,8-9H2,1-3H3/t11-/m0/s1. The van der Waals surface area contributed by atoms with Crippen molar-refractivity contribution in [3.63, 3.8) is 0 Å². The zero-order valence-electron chi connectivity index (χ0n) is 10.2. The van der Waals surface area contributed by atoms with Crippen LogP contribution in [-0.2, 0) is 6.54 Å². The minimum atomic E-state index is -0.302. The number of aliphatic hydroxyl groups excluding tert-OH is 1. The Labute approximate surface area is 97.4 Å². The number of aliphatic hydroxyl groups is 1. The highest BCUT2D eigenvalue weighted by atomic mass is 16.5. The van der Waals surface area contributed by atoms with Crippen LogP contribution < -0.4 is 10.1 Å². The Bertz CT molecular complexity index is 293. The monoisotopic (exact) mass is 223 g/mol. The molecule has 0 aliphatic heterocycles. The molecule has 0 amide bonds. The molecule has 90 valence electrons. The van der Waals surface area contributed by atoms with E-state index in [0.29, 0.717) is 6.54 Å². The predicted octanol–water partition coefficient (Wildman–Crippen LogP) is 1.94. The lowest BCUT2D eigenvalue weighted by atomic mass is 10.2. The number of hydrogen-bond donors (Lipinski definition) is 2. The lowest BCUT2D eigenvalue weighted by molar-refractivity contribution is 0.191. The van der Waals surface area contributed by atoms with Crippen LogP contribution in [0.15, 0.2) is 24.3 Å². The maximum absolute atomic E-state index is 9.09. The van der Waals surface area contributed by atoms with Gasteiger partial charge in [-0.05, 0) is 38.5 Å². The fourth-order valence-electron chi connectivity index (χ4n) is 1.38. The van der Waals surface area contributed by atoms with E-state index in [9.17, 15) is 0 Å². The second-order valence-electron chi connectivity index (χ2n) is 4.29. The maximum atomic E-state index is 9.09. The van der Waals surface area contributed by atoms with Gasteiger partial charge in [0.05, 0.1) is 12.2 Å². The molecule has 1 aromatic rings. The molecule has 0 saturated carbocycles. The molecule has 3 heteroatoms. The average Bonchev–Trinajstić information content (AvgIpc) is 2.19. The van der Waals surface area contributed by atoms with Crippen molar-refractivity contribution in [3.8, 4) is 5.75 Å². The summed E-state index contributed by atoms with van der Waals surface area (Å²) in [6, 6.07) is 8.01. The number of nitrogens with one attached hydrogen (secondary N) is 1. The van der Waals surface area contributed by atoms with Crippen molar-refractivity contribution in [2.75, 3.05) is 6.54 Å². The molecule has 1 atom stereocenters. The number of rotatable bonds is 6. The van der Waals surface area contributed by atoms with Gasteiger partial charge in [0.25, 0.3) is 0 Å². The van der Waals surface area contributed by atoms with E-state index in [2.05, 4.69) is 5.32 Å². The van der Waals surface area contributed by atoms with Gasteiger partial charge >= 0.3 is 0 Å². The minimum absolute atomic E-state index is 0.208. The van der Waals surface area contributed by atoms with Crippen LogP contribution in [0.2, 0.25) is 0 Å². The molecule has 1 rings (SSSR count). The second-order valence-corrected chi connectivity index (χ2v) is 4.29. The van der Waals surface area contributed by atoms with Crippen LogP contribution in [0.1, 0.15) is 26.3 Å². The van der Waals surface area contributed by atoms with E-state index >= 15 is 0 Å². The Morgan fingerprint density at radius 1 is 1.19 bits per heavy atom. The lowest BCUT2D eigenvalue weighted by Gasteiger charge is -2.11. The van der Waals surface area contributed by atoms with Crippen molar-refractivity contribution in [1.82, 2.24) is 5.32 Å². The van der Waals surface area contributed by atoms with Crippen molar-refractivity contribution >= 4 is 0 Å². The molecule has 3 nitrogen and oxygen atoms in total. The van der Waals surface area contributed by atoms with E-state index in [4.69, 9.17) is 9.84 Å². The first-order valence-electron chi connectivity index (χ1n) is 5.72. The first kappa shape index (κ1) is 13.0. The topological polar surface area (TPSA) is 41.5 Å². The van der Waals surface area contributed by atoms with Crippen LogP contribution in [-0.4, -0.2) is 23.9 Å². The Morgan fingerprint density at radius 2 is 1.81 bits per heavy atom. The van der Waals surface area contributed by atoms with Gasteiger partial charge in [0, 0.05) is 13.1 Å². The summed E-state index contributed by atoms with van der Waals surface area (Å²) in [6.45, 7) is 7.18. The SMILES string of the molecule is CC(C)Oc1ccc(CNC[C@H](C)O)cc1. The normalized spacial score (nSPS) is 12.8. The molecule has 0 saturated heterocycles. The first-order valence-corrected chi connectivity index (χ1v) is 5.72. The smallest absolute Gasteiger partial charge is 0.119 e. The van der Waals surface area contributed by atoms with Crippen LogP contribution in [0.5, 0.6) is 5.75 Å². The van der Waals surface area contributed by atoms with Gasteiger partial charge in [-0.2, -0.15) is 0 Å². The molecule has 0 aromatic heterocycles. The van der Waals surface area contributed by atoms with Gasteiger partial charge < -0.3 is 15.2 Å². The van der Waals surface area contributed by atoms with Crippen LogP contribution in [0, 0.1) is 0 Å². The fourth-order valence-corrected chi connectivity index (χ4v) is 1.38. The zero-order valence-corrected chi connectivity index (χ0v) is 10.2. The average molecular weight is 223 g/mol. The van der Waals surface area contributed by atoms with E-state index in [1.807, 2.05) is 38.1 Å². The molecular weight excluding hydrogens is 202 g/mol. The number of ether oxygens (including phenoxy) is 1. The van der Waals surface area contributed by atoms with Crippen LogP contribution >= 0.6 is 0 Å². The molecule has 1 aromatic carbocycles. The van der Waals surface area contributed by atoms with Gasteiger partial charge in [-0.15, -0.1) is 0 Å². The molecular formula is C13H21NO2. The highest BCUT2D eigenvalue weighted by Gasteiger charge is 1.99. The third-order valence-electron chi connectivity index (χ3n) is 2.06. The summed E-state index contributed by atoms with van der Waals surface area (Å²) in [5.74, 6) is 0.897. The highest BCUT2D eigenvalue weighted by Crippen LogP contribution is 2.13. The third kappa shape index (κ3) is 5.14. The van der Waals surface area contributed by atoms with E-state index in [1.54, 1.807) is 6.92 Å². The summed E-state index contributed by atoms with van der Waals surface area (Å²) in [7, 11) is 0. The highest BCUT2D eigenvalue weighted by molar-refractivity contribution is 5.27. The molecule has 2 N–H and O–H groups in total. The van der Waals surface area contributed by atoms with Gasteiger partial charge in [0.15, 0.2) is 0 Å². The van der Waals surface area contributed by atoms with Crippen molar-refractivity contribution in [1.29, 1.82) is 0 Å². The maximum Gasteiger partial charge on any atom is 0.119 e. The quantitative estimate of drug-likeness (QED) is 0.774. The van der Waals surface area contributed by atoms with Crippen molar-refractivity contribution < 1.29 is 9.84 Å². The molecule has 0 fully saturated rings. The summed E-state index contributed by atoms with van der Waals surface area (Å²) < 4.78 is 5.55. The Balaban J connectivity index is 2.39. The number of benzene rings is 1. The van der Waals surface area contributed by atoms with Crippen molar-refractivity contribution in [2.45, 2.75) is 39.5 Å². The van der Waals surface area contributed by atoms with Gasteiger partial charge in [0.2, 0.25) is 0 Å². The number of hydrogen-bond acceptors (Lipinski definition) is 3. The van der Waals surface area contributed by atoms with Gasteiger partial charge in [0.1, 0.15) is 5.75 Å². The summed E-state index contributed by atoms with van der Waals surface area (Å²) in [5.41, 5.74) is 1.19. The Hall–Kier alpha value is -1.06. The Morgan fingerprint density at radius 3 is 2.31 bits per heavy atom. The van der Waals surface area contributed by atoms with Crippen molar-refractivity contribution in [2.24, 2.45) is 0 Å². The molecule has 0 bridgehead atoms.